The van der Waals surface area contributed by atoms with Gasteiger partial charge in [-0.3, -0.25) is 0 Å². The van der Waals surface area contributed by atoms with Gasteiger partial charge in [0, 0.05) is 0 Å². The third kappa shape index (κ3) is 4.45. The first-order chi connectivity index (χ1) is 14.2. The van der Waals surface area contributed by atoms with Crippen LogP contribution in [0.5, 0.6) is 5.75 Å². The van der Waals surface area contributed by atoms with Crippen LogP contribution >= 0.6 is 0 Å². The molecule has 0 saturated carbocycles. The number of benzene rings is 2. The SMILES string of the molecule is CC1(C)OB(c2ccc3c(c2)CCCC3)OC1(C)C.Oc1ccc2c(c1)CCCC2. The minimum atomic E-state index is -0.256. The van der Waals surface area contributed by atoms with E-state index < -0.39 is 0 Å². The van der Waals surface area contributed by atoms with E-state index in [4.69, 9.17) is 9.31 Å². The third-order valence-electron chi connectivity index (χ3n) is 7.23. The van der Waals surface area contributed by atoms with Gasteiger partial charge in [-0.15, -0.1) is 0 Å². The maximum Gasteiger partial charge on any atom is 0.494 e. The van der Waals surface area contributed by atoms with Gasteiger partial charge in [0.25, 0.3) is 0 Å². The molecule has 30 heavy (non-hydrogen) atoms. The molecule has 1 heterocycles. The zero-order valence-electron chi connectivity index (χ0n) is 19.0. The number of aromatic hydroxyl groups is 1. The van der Waals surface area contributed by atoms with Crippen molar-refractivity contribution in [1.82, 2.24) is 0 Å². The lowest BCUT2D eigenvalue weighted by Crippen LogP contribution is -2.41. The van der Waals surface area contributed by atoms with Crippen molar-refractivity contribution in [3.63, 3.8) is 0 Å². The van der Waals surface area contributed by atoms with Gasteiger partial charge in [0.2, 0.25) is 0 Å². The second-order valence-electron chi connectivity index (χ2n) is 9.98. The van der Waals surface area contributed by atoms with Gasteiger partial charge >= 0.3 is 7.12 Å². The summed E-state index contributed by atoms with van der Waals surface area (Å²) in [7, 11) is -0.225. The molecule has 2 aromatic carbocycles. The summed E-state index contributed by atoms with van der Waals surface area (Å²) in [5, 5.41) is 9.19. The summed E-state index contributed by atoms with van der Waals surface area (Å²) in [6.07, 6.45) is 9.96. The van der Waals surface area contributed by atoms with Crippen LogP contribution < -0.4 is 5.46 Å². The van der Waals surface area contributed by atoms with Gasteiger partial charge in [-0.05, 0) is 119 Å². The summed E-state index contributed by atoms with van der Waals surface area (Å²) in [4.78, 5) is 0. The fourth-order valence-electron chi connectivity index (χ4n) is 4.60. The summed E-state index contributed by atoms with van der Waals surface area (Å²) in [6, 6.07) is 12.4. The number of hydrogen-bond acceptors (Lipinski definition) is 3. The minimum absolute atomic E-state index is 0.225. The van der Waals surface area contributed by atoms with Crippen LogP contribution in [0.15, 0.2) is 36.4 Å². The number of phenolic OH excluding ortho intramolecular Hbond substituents is 1. The second kappa shape index (κ2) is 8.40. The van der Waals surface area contributed by atoms with E-state index in [1.54, 1.807) is 6.07 Å². The molecule has 0 radical (unpaired) electrons. The first-order valence-electron chi connectivity index (χ1n) is 11.5. The van der Waals surface area contributed by atoms with E-state index in [2.05, 4.69) is 45.9 Å². The largest absolute Gasteiger partial charge is 0.508 e. The van der Waals surface area contributed by atoms with Gasteiger partial charge in [0.05, 0.1) is 11.2 Å². The Balaban J connectivity index is 0.000000168. The topological polar surface area (TPSA) is 38.7 Å². The molecule has 1 fully saturated rings. The summed E-state index contributed by atoms with van der Waals surface area (Å²) in [6.45, 7) is 8.41. The van der Waals surface area contributed by atoms with Gasteiger partial charge in [0.15, 0.2) is 0 Å². The van der Waals surface area contributed by atoms with Crippen LogP contribution in [0.4, 0.5) is 0 Å². The molecule has 0 aromatic heterocycles. The predicted octanol–water partition coefficient (Wildman–Crippen LogP) is 5.14. The van der Waals surface area contributed by atoms with Crippen molar-refractivity contribution in [2.45, 2.75) is 90.3 Å². The summed E-state index contributed by atoms with van der Waals surface area (Å²) < 4.78 is 12.2. The van der Waals surface area contributed by atoms with Gasteiger partial charge in [-0.25, -0.2) is 0 Å². The quantitative estimate of drug-likeness (QED) is 0.667. The highest BCUT2D eigenvalue weighted by atomic mass is 16.7. The molecule has 2 aliphatic carbocycles. The van der Waals surface area contributed by atoms with E-state index in [9.17, 15) is 5.11 Å². The molecule has 5 rings (SSSR count). The van der Waals surface area contributed by atoms with Crippen LogP contribution in [0.3, 0.4) is 0 Å². The molecule has 0 amide bonds. The van der Waals surface area contributed by atoms with E-state index in [1.807, 2.05) is 12.1 Å². The number of rotatable bonds is 1. The molecule has 2 aromatic rings. The summed E-state index contributed by atoms with van der Waals surface area (Å²) >= 11 is 0. The Bertz CT molecular complexity index is 887. The lowest BCUT2D eigenvalue weighted by Gasteiger charge is -2.32. The van der Waals surface area contributed by atoms with Gasteiger partial charge < -0.3 is 14.4 Å². The van der Waals surface area contributed by atoms with Crippen molar-refractivity contribution < 1.29 is 14.4 Å². The number of aryl methyl sites for hydroxylation is 4. The molecule has 160 valence electrons. The van der Waals surface area contributed by atoms with Gasteiger partial charge in [0.1, 0.15) is 5.75 Å². The number of hydrogen-bond donors (Lipinski definition) is 1. The second-order valence-corrected chi connectivity index (χ2v) is 9.98. The van der Waals surface area contributed by atoms with Crippen molar-refractivity contribution in [3.8, 4) is 5.75 Å². The van der Waals surface area contributed by atoms with Crippen molar-refractivity contribution in [2.75, 3.05) is 0 Å². The van der Waals surface area contributed by atoms with Crippen molar-refractivity contribution in [3.05, 3.63) is 58.7 Å². The van der Waals surface area contributed by atoms with Crippen LogP contribution in [0.1, 0.15) is 75.6 Å². The van der Waals surface area contributed by atoms with Crippen LogP contribution in [-0.2, 0) is 35.0 Å². The van der Waals surface area contributed by atoms with Gasteiger partial charge in [-0.2, -0.15) is 0 Å². The highest BCUT2D eigenvalue weighted by Crippen LogP contribution is 2.36. The lowest BCUT2D eigenvalue weighted by molar-refractivity contribution is 0.00578. The van der Waals surface area contributed by atoms with E-state index >= 15 is 0 Å². The molecule has 0 unspecified atom stereocenters. The standard InChI is InChI=1S/C16H23BO2.C10H12O/c1-15(2)16(3,4)19-17(18-15)14-10-9-12-7-5-6-8-13(12)11-14;11-10-6-5-8-3-1-2-4-9(8)7-10/h9-11H,5-8H2,1-4H3;5-7,11H,1-4H2. The average Bonchev–Trinajstić information content (AvgIpc) is 2.95. The van der Waals surface area contributed by atoms with Crippen LogP contribution in [0.25, 0.3) is 0 Å². The van der Waals surface area contributed by atoms with E-state index in [1.165, 1.54) is 72.7 Å². The molecule has 1 saturated heterocycles. The number of phenols is 1. The fourth-order valence-corrected chi connectivity index (χ4v) is 4.60. The Morgan fingerprint density at radius 1 is 0.667 bits per heavy atom. The maximum atomic E-state index is 9.19. The Labute approximate surface area is 181 Å². The zero-order valence-corrected chi connectivity index (χ0v) is 19.0. The van der Waals surface area contributed by atoms with E-state index in [0.717, 1.165) is 6.42 Å². The highest BCUT2D eigenvalue weighted by molar-refractivity contribution is 6.62. The third-order valence-corrected chi connectivity index (χ3v) is 7.23. The normalized spacial score (nSPS) is 21.3. The molecule has 3 nitrogen and oxygen atoms in total. The maximum absolute atomic E-state index is 9.19. The smallest absolute Gasteiger partial charge is 0.494 e. The molecule has 1 aliphatic heterocycles. The molecule has 3 aliphatic rings. The molecule has 0 atom stereocenters. The highest BCUT2D eigenvalue weighted by Gasteiger charge is 2.51. The fraction of sp³-hybridized carbons (Fsp3) is 0.538. The van der Waals surface area contributed by atoms with Crippen LogP contribution in [0, 0.1) is 0 Å². The van der Waals surface area contributed by atoms with Crippen molar-refractivity contribution >= 4 is 12.6 Å². The molecule has 4 heteroatoms. The van der Waals surface area contributed by atoms with Crippen LogP contribution in [0.2, 0.25) is 0 Å². The first kappa shape index (κ1) is 21.5. The average molecular weight is 406 g/mol. The monoisotopic (exact) mass is 406 g/mol. The Morgan fingerprint density at radius 3 is 1.70 bits per heavy atom. The molecule has 0 bridgehead atoms. The Morgan fingerprint density at radius 2 is 1.13 bits per heavy atom. The molecular formula is C26H35BO3. The van der Waals surface area contributed by atoms with Crippen LogP contribution in [-0.4, -0.2) is 23.4 Å². The Kier molecular flexibility index (Phi) is 6.00. The van der Waals surface area contributed by atoms with Crippen molar-refractivity contribution in [2.24, 2.45) is 0 Å². The number of fused-ring (bicyclic) bond motifs is 2. The lowest BCUT2D eigenvalue weighted by atomic mass is 9.76. The van der Waals surface area contributed by atoms with Crippen molar-refractivity contribution in [1.29, 1.82) is 0 Å². The Hall–Kier alpha value is -1.78. The molecule has 0 spiro atoms. The van der Waals surface area contributed by atoms with E-state index in [-0.39, 0.29) is 18.3 Å². The summed E-state index contributed by atoms with van der Waals surface area (Å²) in [5.41, 5.74) is 6.41. The summed E-state index contributed by atoms with van der Waals surface area (Å²) in [5.74, 6) is 0.408. The molecular weight excluding hydrogens is 371 g/mol. The zero-order chi connectivity index (χ0) is 21.4. The van der Waals surface area contributed by atoms with Gasteiger partial charge in [-0.1, -0.05) is 24.3 Å². The minimum Gasteiger partial charge on any atom is -0.508 e. The molecule has 1 N–H and O–H groups in total. The predicted molar refractivity (Wildman–Crippen MR) is 124 cm³/mol. The first-order valence-corrected chi connectivity index (χ1v) is 11.5. The van der Waals surface area contributed by atoms with E-state index in [0.29, 0.717) is 5.75 Å².